The Labute approximate surface area is 177 Å². The summed E-state index contributed by atoms with van der Waals surface area (Å²) in [6, 6.07) is 8.68. The van der Waals surface area contributed by atoms with Gasteiger partial charge in [0, 0.05) is 24.6 Å². The highest BCUT2D eigenvalue weighted by Gasteiger charge is 2.30. The van der Waals surface area contributed by atoms with Gasteiger partial charge in [-0.1, -0.05) is 6.07 Å². The van der Waals surface area contributed by atoms with E-state index >= 15 is 0 Å². The van der Waals surface area contributed by atoms with Crippen LogP contribution >= 0.6 is 24.0 Å². The van der Waals surface area contributed by atoms with E-state index in [-0.39, 0.29) is 42.2 Å². The van der Waals surface area contributed by atoms with Crippen LogP contribution in [0, 0.1) is 0 Å². The van der Waals surface area contributed by atoms with Gasteiger partial charge in [0.15, 0.2) is 5.96 Å². The van der Waals surface area contributed by atoms with Crippen molar-refractivity contribution in [3.63, 3.8) is 0 Å². The maximum Gasteiger partial charge on any atom is 0.573 e. The average Bonchev–Trinajstić information content (AvgIpc) is 2.61. The van der Waals surface area contributed by atoms with Gasteiger partial charge in [-0.3, -0.25) is 0 Å². The molecule has 7 nitrogen and oxygen atoms in total. The van der Waals surface area contributed by atoms with Crippen LogP contribution in [0.15, 0.2) is 47.6 Å². The van der Waals surface area contributed by atoms with Gasteiger partial charge in [0.2, 0.25) is 5.88 Å². The molecule has 0 fully saturated rings. The number of hydrogen-bond acceptors (Lipinski definition) is 5. The second-order valence-corrected chi connectivity index (χ2v) is 5.21. The summed E-state index contributed by atoms with van der Waals surface area (Å²) in [6.07, 6.45) is -3.14. The van der Waals surface area contributed by atoms with E-state index in [2.05, 4.69) is 20.0 Å². The third kappa shape index (κ3) is 8.61. The van der Waals surface area contributed by atoms with Crippen LogP contribution in [0.5, 0.6) is 11.6 Å². The van der Waals surface area contributed by atoms with Crippen LogP contribution in [0.2, 0.25) is 0 Å². The van der Waals surface area contributed by atoms with Crippen LogP contribution in [-0.2, 0) is 11.3 Å². The number of nitrogens with zero attached hydrogens (tertiary/aromatic N) is 2. The molecule has 0 aliphatic rings. The number of halogens is 4. The largest absolute Gasteiger partial charge is 0.573 e. The fourth-order valence-corrected chi connectivity index (χ4v) is 1.99. The summed E-state index contributed by atoms with van der Waals surface area (Å²) in [5.74, 6) is 0.197. The molecule has 1 aromatic carbocycles. The summed E-state index contributed by atoms with van der Waals surface area (Å²) in [6.45, 7) is 0.992. The number of rotatable bonds is 8. The van der Waals surface area contributed by atoms with Crippen molar-refractivity contribution in [2.45, 2.75) is 12.9 Å². The van der Waals surface area contributed by atoms with Gasteiger partial charge in [0.25, 0.3) is 0 Å². The normalized spacial score (nSPS) is 11.5. The van der Waals surface area contributed by atoms with E-state index in [1.54, 1.807) is 25.4 Å². The molecule has 2 rings (SSSR count). The van der Waals surface area contributed by atoms with E-state index in [4.69, 9.17) is 15.2 Å². The van der Waals surface area contributed by atoms with Gasteiger partial charge in [-0.05, 0) is 30.3 Å². The molecule has 0 saturated carbocycles. The van der Waals surface area contributed by atoms with Crippen LogP contribution in [0.1, 0.15) is 5.56 Å². The maximum atomic E-state index is 12.1. The molecule has 0 unspecified atom stereocenters. The minimum Gasteiger partial charge on any atom is -0.475 e. The first-order valence-electron chi connectivity index (χ1n) is 7.86. The van der Waals surface area contributed by atoms with Gasteiger partial charge in [-0.15, -0.1) is 37.1 Å². The fourth-order valence-electron chi connectivity index (χ4n) is 1.99. The Balaban J connectivity index is 0.00000392. The summed E-state index contributed by atoms with van der Waals surface area (Å²) in [4.78, 5) is 8.32. The van der Waals surface area contributed by atoms with Crippen molar-refractivity contribution < 1.29 is 27.4 Å². The zero-order chi connectivity index (χ0) is 19.7. The Hall–Kier alpha value is -2.28. The quantitative estimate of drug-likeness (QED) is 0.244. The third-order valence-corrected chi connectivity index (χ3v) is 3.16. The predicted octanol–water partition coefficient (Wildman–Crippen LogP) is 3.55. The molecular weight excluding hydrogens is 492 g/mol. The fraction of sp³-hybridized carbons (Fsp3) is 0.294. The molecule has 28 heavy (non-hydrogen) atoms. The number of nitrogens with two attached hydrogens (primary N) is 1. The van der Waals surface area contributed by atoms with Crippen molar-refractivity contribution in [3.8, 4) is 11.6 Å². The molecule has 154 valence electrons. The smallest absolute Gasteiger partial charge is 0.475 e. The van der Waals surface area contributed by atoms with Gasteiger partial charge in [0.05, 0.1) is 13.2 Å². The molecule has 0 bridgehead atoms. The number of anilines is 1. The lowest BCUT2D eigenvalue weighted by atomic mass is 10.3. The van der Waals surface area contributed by atoms with Gasteiger partial charge < -0.3 is 25.3 Å². The monoisotopic (exact) mass is 512 g/mol. The van der Waals surface area contributed by atoms with Crippen LogP contribution < -0.4 is 20.5 Å². The predicted molar refractivity (Wildman–Crippen MR) is 109 cm³/mol. The average molecular weight is 512 g/mol. The minimum atomic E-state index is -4.73. The van der Waals surface area contributed by atoms with Gasteiger partial charge in [-0.25, -0.2) is 9.98 Å². The van der Waals surface area contributed by atoms with Crippen LogP contribution in [-0.4, -0.2) is 37.6 Å². The number of alkyl halides is 3. The number of guanidine groups is 1. The zero-order valence-corrected chi connectivity index (χ0v) is 17.2. The van der Waals surface area contributed by atoms with Crippen molar-refractivity contribution in [1.82, 2.24) is 4.98 Å². The van der Waals surface area contributed by atoms with E-state index < -0.39 is 6.36 Å². The van der Waals surface area contributed by atoms with Crippen LogP contribution in [0.4, 0.5) is 18.9 Å². The molecule has 0 amide bonds. The van der Waals surface area contributed by atoms with E-state index in [0.29, 0.717) is 24.8 Å². The van der Waals surface area contributed by atoms with E-state index in [9.17, 15) is 13.2 Å². The number of methoxy groups -OCH3 is 1. The zero-order valence-electron chi connectivity index (χ0n) is 14.9. The lowest BCUT2D eigenvalue weighted by molar-refractivity contribution is -0.274. The summed E-state index contributed by atoms with van der Waals surface area (Å²) in [5.41, 5.74) is 7.01. The van der Waals surface area contributed by atoms with Gasteiger partial charge in [0.1, 0.15) is 12.4 Å². The Morgan fingerprint density at radius 3 is 2.54 bits per heavy atom. The summed E-state index contributed by atoms with van der Waals surface area (Å²) in [5, 5.41) is 2.78. The number of pyridine rings is 1. The number of nitrogens with one attached hydrogen (secondary N) is 1. The lowest BCUT2D eigenvalue weighted by Crippen LogP contribution is -2.22. The second-order valence-electron chi connectivity index (χ2n) is 5.21. The molecule has 1 aromatic heterocycles. The number of hydrogen-bond donors (Lipinski definition) is 2. The molecular formula is C17H20F3IN4O3. The van der Waals surface area contributed by atoms with Crippen molar-refractivity contribution in [1.29, 1.82) is 0 Å². The maximum absolute atomic E-state index is 12.1. The molecule has 3 N–H and O–H groups in total. The third-order valence-electron chi connectivity index (χ3n) is 3.16. The topological polar surface area (TPSA) is 91.0 Å². The first kappa shape index (κ1) is 23.8. The minimum absolute atomic E-state index is 0. The molecule has 0 atom stereocenters. The van der Waals surface area contributed by atoms with E-state index in [1.165, 1.54) is 24.3 Å². The molecule has 0 saturated heterocycles. The lowest BCUT2D eigenvalue weighted by Gasteiger charge is -2.11. The molecule has 0 spiro atoms. The molecule has 0 aliphatic heterocycles. The van der Waals surface area contributed by atoms with Gasteiger partial charge in [-0.2, -0.15) is 0 Å². The molecule has 0 aliphatic carbocycles. The molecule has 0 radical (unpaired) electrons. The van der Waals surface area contributed by atoms with Crippen molar-refractivity contribution in [3.05, 3.63) is 48.2 Å². The number of benzene rings is 1. The van der Waals surface area contributed by atoms with E-state index in [0.717, 1.165) is 5.56 Å². The molecule has 11 heteroatoms. The number of ether oxygens (including phenoxy) is 3. The Morgan fingerprint density at radius 2 is 1.89 bits per heavy atom. The SMILES string of the molecule is COCCOc1ncccc1CN=C(N)Nc1ccc(OC(F)(F)F)cc1.I. The highest BCUT2D eigenvalue weighted by molar-refractivity contribution is 14.0. The highest BCUT2D eigenvalue weighted by atomic mass is 127. The first-order valence-corrected chi connectivity index (χ1v) is 7.86. The molecule has 1 heterocycles. The van der Waals surface area contributed by atoms with Gasteiger partial charge >= 0.3 is 6.36 Å². The van der Waals surface area contributed by atoms with Crippen molar-refractivity contribution in [2.75, 3.05) is 25.6 Å². The first-order chi connectivity index (χ1) is 12.9. The second kappa shape index (κ2) is 11.5. The summed E-state index contributed by atoms with van der Waals surface area (Å²) >= 11 is 0. The summed E-state index contributed by atoms with van der Waals surface area (Å²) in [7, 11) is 1.57. The molecule has 2 aromatic rings. The highest BCUT2D eigenvalue weighted by Crippen LogP contribution is 2.24. The Morgan fingerprint density at radius 1 is 1.18 bits per heavy atom. The summed E-state index contributed by atoms with van der Waals surface area (Å²) < 4.78 is 50.7. The Kier molecular flexibility index (Phi) is 9.79. The number of aliphatic imine (C=N–C) groups is 1. The standard InChI is InChI=1S/C17H19F3N4O3.HI/c1-25-9-10-26-15-12(3-2-8-22-15)11-23-16(21)24-13-4-6-14(7-5-13)27-17(18,19)20;/h2-8H,9-11H2,1H3,(H3,21,23,24);1H. The van der Waals surface area contributed by atoms with E-state index in [1.807, 2.05) is 0 Å². The number of aromatic nitrogens is 1. The Bertz CT molecular complexity index is 758. The van der Waals surface area contributed by atoms with Crippen molar-refractivity contribution >= 4 is 35.6 Å². The van der Waals surface area contributed by atoms with Crippen LogP contribution in [0.3, 0.4) is 0 Å². The van der Waals surface area contributed by atoms with Crippen molar-refractivity contribution in [2.24, 2.45) is 10.7 Å². The van der Waals surface area contributed by atoms with Crippen LogP contribution in [0.25, 0.3) is 0 Å².